The second kappa shape index (κ2) is 9.20. The molecule has 0 bridgehead atoms. The highest BCUT2D eigenvalue weighted by atomic mass is 35.5. The standard InChI is InChI=1S/C20H9Cl2F4N3O2/c21-15-4-10(23)1-2-12(15)13-5-16(22)14(6-17(13)24)18(30)29-11-3-9(7-27)19(28-8-11)31-20(25)26/h1-6,8,20H,(H,29,30). The Morgan fingerprint density at radius 2 is 1.84 bits per heavy atom. The number of ether oxygens (including phenoxy) is 1. The molecule has 0 aliphatic rings. The average Bonchev–Trinajstić information content (AvgIpc) is 2.70. The van der Waals surface area contributed by atoms with Gasteiger partial charge in [-0.1, -0.05) is 23.2 Å². The lowest BCUT2D eigenvalue weighted by atomic mass is 10.0. The number of nitriles is 1. The molecular weight excluding hydrogens is 461 g/mol. The Morgan fingerprint density at radius 1 is 1.10 bits per heavy atom. The van der Waals surface area contributed by atoms with E-state index in [1.165, 1.54) is 6.07 Å². The number of hydrogen-bond donors (Lipinski definition) is 1. The Labute approximate surface area is 182 Å². The van der Waals surface area contributed by atoms with Crippen molar-refractivity contribution in [1.82, 2.24) is 4.98 Å². The van der Waals surface area contributed by atoms with E-state index in [1.54, 1.807) is 6.07 Å². The number of carbonyl (C=O) groups excluding carboxylic acids is 1. The van der Waals surface area contributed by atoms with E-state index in [4.69, 9.17) is 28.5 Å². The average molecular weight is 470 g/mol. The summed E-state index contributed by atoms with van der Waals surface area (Å²) in [6.45, 7) is -3.19. The van der Waals surface area contributed by atoms with E-state index >= 15 is 0 Å². The first-order valence-corrected chi connectivity index (χ1v) is 9.06. The second-order valence-corrected chi connectivity index (χ2v) is 6.77. The second-order valence-electron chi connectivity index (χ2n) is 5.96. The summed E-state index contributed by atoms with van der Waals surface area (Å²) in [7, 11) is 0. The number of nitrogens with zero attached hydrogens (tertiary/aromatic N) is 2. The fourth-order valence-corrected chi connectivity index (χ4v) is 3.13. The molecule has 0 saturated heterocycles. The molecule has 2 aromatic carbocycles. The van der Waals surface area contributed by atoms with Gasteiger partial charge < -0.3 is 10.1 Å². The lowest BCUT2D eigenvalue weighted by molar-refractivity contribution is -0.0530. The number of alkyl halides is 2. The van der Waals surface area contributed by atoms with Crippen LogP contribution in [0.4, 0.5) is 23.2 Å². The molecule has 158 valence electrons. The van der Waals surface area contributed by atoms with Gasteiger partial charge in [-0.25, -0.2) is 13.8 Å². The van der Waals surface area contributed by atoms with Gasteiger partial charge in [-0.15, -0.1) is 0 Å². The van der Waals surface area contributed by atoms with Crippen molar-refractivity contribution in [1.29, 1.82) is 5.26 Å². The first-order valence-electron chi connectivity index (χ1n) is 8.30. The number of hydrogen-bond acceptors (Lipinski definition) is 4. The van der Waals surface area contributed by atoms with Crippen molar-refractivity contribution in [2.45, 2.75) is 6.61 Å². The van der Waals surface area contributed by atoms with E-state index in [1.807, 2.05) is 0 Å². The Balaban J connectivity index is 1.89. The molecule has 0 radical (unpaired) electrons. The van der Waals surface area contributed by atoms with Gasteiger partial charge in [-0.2, -0.15) is 14.0 Å². The summed E-state index contributed by atoms with van der Waals surface area (Å²) in [6.07, 6.45) is 0.980. The van der Waals surface area contributed by atoms with Gasteiger partial charge in [-0.05, 0) is 36.4 Å². The lowest BCUT2D eigenvalue weighted by Gasteiger charge is -2.12. The first kappa shape index (κ1) is 22.3. The molecule has 0 aliphatic heterocycles. The number of aromatic nitrogens is 1. The molecule has 0 unspecified atom stereocenters. The summed E-state index contributed by atoms with van der Waals surface area (Å²) >= 11 is 12.1. The quantitative estimate of drug-likeness (QED) is 0.460. The molecule has 0 saturated carbocycles. The molecule has 0 atom stereocenters. The molecule has 0 spiro atoms. The Bertz CT molecular complexity index is 1220. The van der Waals surface area contributed by atoms with Crippen LogP contribution in [-0.4, -0.2) is 17.5 Å². The monoisotopic (exact) mass is 469 g/mol. The van der Waals surface area contributed by atoms with Gasteiger partial charge in [0.2, 0.25) is 5.88 Å². The number of pyridine rings is 1. The number of halogens is 6. The molecule has 0 aliphatic carbocycles. The van der Waals surface area contributed by atoms with Gasteiger partial charge in [0, 0.05) is 11.1 Å². The number of anilines is 1. The first-order chi connectivity index (χ1) is 14.7. The highest BCUT2D eigenvalue weighted by molar-refractivity contribution is 6.35. The van der Waals surface area contributed by atoms with Crippen LogP contribution in [-0.2, 0) is 0 Å². The fraction of sp³-hybridized carbons (Fsp3) is 0.0500. The molecule has 5 nitrogen and oxygen atoms in total. The normalized spacial score (nSPS) is 10.6. The van der Waals surface area contributed by atoms with Crippen molar-refractivity contribution < 1.29 is 27.1 Å². The maximum atomic E-state index is 14.7. The van der Waals surface area contributed by atoms with E-state index in [2.05, 4.69) is 15.0 Å². The molecule has 1 N–H and O–H groups in total. The third-order valence-corrected chi connectivity index (χ3v) is 4.58. The Kier molecular flexibility index (Phi) is 6.63. The molecule has 31 heavy (non-hydrogen) atoms. The Hall–Kier alpha value is -3.35. The number of benzene rings is 2. The van der Waals surface area contributed by atoms with E-state index in [0.29, 0.717) is 0 Å². The van der Waals surface area contributed by atoms with Gasteiger partial charge >= 0.3 is 6.61 Å². The minimum Gasteiger partial charge on any atom is -0.415 e. The number of amides is 1. The van der Waals surface area contributed by atoms with E-state index in [0.717, 1.165) is 36.5 Å². The number of rotatable bonds is 5. The fourth-order valence-electron chi connectivity index (χ4n) is 2.61. The largest absolute Gasteiger partial charge is 0.415 e. The molecule has 1 aromatic heterocycles. The van der Waals surface area contributed by atoms with Crippen molar-refractivity contribution >= 4 is 34.8 Å². The van der Waals surface area contributed by atoms with E-state index < -0.39 is 30.0 Å². The van der Waals surface area contributed by atoms with Gasteiger partial charge in [0.1, 0.15) is 23.3 Å². The van der Waals surface area contributed by atoms with Crippen LogP contribution in [0, 0.1) is 23.0 Å². The molecule has 1 heterocycles. The van der Waals surface area contributed by atoms with Crippen LogP contribution in [0.1, 0.15) is 15.9 Å². The van der Waals surface area contributed by atoms with Crippen molar-refractivity contribution in [3.8, 4) is 23.1 Å². The van der Waals surface area contributed by atoms with E-state index in [-0.39, 0.29) is 38.0 Å². The zero-order valence-electron chi connectivity index (χ0n) is 15.1. The van der Waals surface area contributed by atoms with Crippen LogP contribution in [0.5, 0.6) is 5.88 Å². The van der Waals surface area contributed by atoms with Crippen molar-refractivity contribution in [2.75, 3.05) is 5.32 Å². The number of nitrogens with one attached hydrogen (secondary N) is 1. The third-order valence-electron chi connectivity index (χ3n) is 3.95. The maximum absolute atomic E-state index is 14.7. The SMILES string of the molecule is N#Cc1cc(NC(=O)c2cc(F)c(-c3ccc(F)cc3Cl)cc2Cl)cnc1OC(F)F. The van der Waals surface area contributed by atoms with Gasteiger partial charge in [-0.3, -0.25) is 4.79 Å². The molecule has 1 amide bonds. The van der Waals surface area contributed by atoms with Crippen LogP contribution in [0.15, 0.2) is 42.6 Å². The van der Waals surface area contributed by atoms with Gasteiger partial charge in [0.05, 0.1) is 27.5 Å². The van der Waals surface area contributed by atoms with Crippen LogP contribution in [0.25, 0.3) is 11.1 Å². The Morgan fingerprint density at radius 3 is 2.48 bits per heavy atom. The number of carbonyl (C=O) groups is 1. The highest BCUT2D eigenvalue weighted by Gasteiger charge is 2.19. The minimum absolute atomic E-state index is 0.0368. The van der Waals surface area contributed by atoms with E-state index in [9.17, 15) is 22.4 Å². The lowest BCUT2D eigenvalue weighted by Crippen LogP contribution is -2.14. The zero-order chi connectivity index (χ0) is 22.7. The topological polar surface area (TPSA) is 75.0 Å². The van der Waals surface area contributed by atoms with Crippen LogP contribution in [0.3, 0.4) is 0 Å². The summed E-state index contributed by atoms with van der Waals surface area (Å²) in [4.78, 5) is 16.1. The third kappa shape index (κ3) is 5.05. The minimum atomic E-state index is -3.19. The van der Waals surface area contributed by atoms with Gasteiger partial charge in [0.15, 0.2) is 0 Å². The molecule has 3 aromatic rings. The summed E-state index contributed by atoms with van der Waals surface area (Å²) in [5.74, 6) is -2.92. The van der Waals surface area contributed by atoms with Crippen molar-refractivity contribution in [3.05, 3.63) is 75.4 Å². The predicted octanol–water partition coefficient (Wildman–Crippen LogP) is 6.06. The summed E-state index contributed by atoms with van der Waals surface area (Å²) in [5.41, 5.74) is -0.519. The maximum Gasteiger partial charge on any atom is 0.388 e. The van der Waals surface area contributed by atoms with Gasteiger partial charge in [0.25, 0.3) is 5.91 Å². The van der Waals surface area contributed by atoms with Crippen molar-refractivity contribution in [3.63, 3.8) is 0 Å². The molecule has 0 fully saturated rings. The molecular formula is C20H9Cl2F4N3O2. The highest BCUT2D eigenvalue weighted by Crippen LogP contribution is 2.34. The van der Waals surface area contributed by atoms with Crippen LogP contribution < -0.4 is 10.1 Å². The molecule has 3 rings (SSSR count). The summed E-state index contributed by atoms with van der Waals surface area (Å²) < 4.78 is 56.7. The smallest absolute Gasteiger partial charge is 0.388 e. The van der Waals surface area contributed by atoms with Crippen LogP contribution in [0.2, 0.25) is 10.0 Å². The zero-order valence-corrected chi connectivity index (χ0v) is 16.6. The molecule has 11 heteroatoms. The predicted molar refractivity (Wildman–Crippen MR) is 105 cm³/mol. The van der Waals surface area contributed by atoms with Crippen molar-refractivity contribution in [2.24, 2.45) is 0 Å². The summed E-state index contributed by atoms with van der Waals surface area (Å²) in [6, 6.07) is 8.05. The summed E-state index contributed by atoms with van der Waals surface area (Å²) in [5, 5.41) is 11.2. The van der Waals surface area contributed by atoms with Crippen LogP contribution >= 0.6 is 23.2 Å².